The third-order valence-corrected chi connectivity index (χ3v) is 3.27. The van der Waals surface area contributed by atoms with Crippen molar-refractivity contribution in [1.29, 1.82) is 0 Å². The van der Waals surface area contributed by atoms with Crippen LogP contribution in [0.5, 0.6) is 0 Å². The number of rotatable bonds is 6. The molecule has 2 aromatic rings. The molecular formula is C17H18FN3O2. The van der Waals surface area contributed by atoms with Crippen LogP contribution in [0.25, 0.3) is 0 Å². The van der Waals surface area contributed by atoms with Crippen molar-refractivity contribution in [3.63, 3.8) is 0 Å². The van der Waals surface area contributed by atoms with Gasteiger partial charge in [0.2, 0.25) is 11.8 Å². The molecule has 0 saturated heterocycles. The molecule has 0 aliphatic rings. The Balaban J connectivity index is 1.87. The van der Waals surface area contributed by atoms with Crippen LogP contribution in [-0.2, 0) is 16.1 Å². The van der Waals surface area contributed by atoms with Gasteiger partial charge in [0, 0.05) is 31.8 Å². The van der Waals surface area contributed by atoms with E-state index in [1.165, 1.54) is 36.1 Å². The summed E-state index contributed by atoms with van der Waals surface area (Å²) in [5.41, 5.74) is 1.33. The Hall–Kier alpha value is -2.76. The first-order valence-electron chi connectivity index (χ1n) is 7.26. The monoisotopic (exact) mass is 315 g/mol. The number of hydrogen-bond donors (Lipinski definition) is 1. The van der Waals surface area contributed by atoms with E-state index in [4.69, 9.17) is 0 Å². The molecule has 0 atom stereocenters. The van der Waals surface area contributed by atoms with Crippen molar-refractivity contribution < 1.29 is 14.0 Å². The highest BCUT2D eigenvalue weighted by atomic mass is 19.1. The van der Waals surface area contributed by atoms with Gasteiger partial charge in [-0.15, -0.1) is 0 Å². The predicted molar refractivity (Wildman–Crippen MR) is 85.1 cm³/mol. The molecule has 1 N–H and O–H groups in total. The van der Waals surface area contributed by atoms with E-state index in [-0.39, 0.29) is 30.6 Å². The van der Waals surface area contributed by atoms with E-state index in [0.717, 1.165) is 5.69 Å². The van der Waals surface area contributed by atoms with E-state index in [2.05, 4.69) is 10.3 Å². The molecule has 0 fully saturated rings. The lowest BCUT2D eigenvalue weighted by Crippen LogP contribution is -2.33. The average molecular weight is 315 g/mol. The van der Waals surface area contributed by atoms with Crippen molar-refractivity contribution >= 4 is 17.5 Å². The number of amides is 2. The van der Waals surface area contributed by atoms with Crippen molar-refractivity contribution in [3.05, 3.63) is 60.2 Å². The topological polar surface area (TPSA) is 62.3 Å². The number of hydrogen-bond acceptors (Lipinski definition) is 3. The van der Waals surface area contributed by atoms with Gasteiger partial charge in [-0.3, -0.25) is 14.6 Å². The number of benzene rings is 1. The highest BCUT2D eigenvalue weighted by Crippen LogP contribution is 2.15. The standard InChI is InChI=1S/C17H18FN3O2/c1-13(22)21(16-7-5-14(18)6-8-16)11-9-17(23)20-12-15-4-2-3-10-19-15/h2-8,10H,9,11-12H2,1H3,(H,20,23). The van der Waals surface area contributed by atoms with Crippen molar-refractivity contribution in [3.8, 4) is 0 Å². The fourth-order valence-electron chi connectivity index (χ4n) is 2.08. The van der Waals surface area contributed by atoms with E-state index in [1.807, 2.05) is 12.1 Å². The SMILES string of the molecule is CC(=O)N(CCC(=O)NCc1ccccn1)c1ccc(F)cc1. The summed E-state index contributed by atoms with van der Waals surface area (Å²) in [5, 5.41) is 2.75. The zero-order valence-corrected chi connectivity index (χ0v) is 12.8. The number of anilines is 1. The van der Waals surface area contributed by atoms with Crippen LogP contribution in [0, 0.1) is 5.82 Å². The van der Waals surface area contributed by atoms with Gasteiger partial charge in [-0.05, 0) is 36.4 Å². The van der Waals surface area contributed by atoms with E-state index in [1.54, 1.807) is 12.3 Å². The van der Waals surface area contributed by atoms with E-state index in [9.17, 15) is 14.0 Å². The first kappa shape index (κ1) is 16.6. The average Bonchev–Trinajstić information content (AvgIpc) is 2.55. The number of carbonyl (C=O) groups is 2. The van der Waals surface area contributed by atoms with Gasteiger partial charge in [-0.25, -0.2) is 4.39 Å². The largest absolute Gasteiger partial charge is 0.350 e. The predicted octanol–water partition coefficient (Wildman–Crippen LogP) is 2.28. The smallest absolute Gasteiger partial charge is 0.223 e. The fourth-order valence-corrected chi connectivity index (χ4v) is 2.08. The van der Waals surface area contributed by atoms with Gasteiger partial charge in [0.05, 0.1) is 12.2 Å². The zero-order chi connectivity index (χ0) is 16.7. The first-order chi connectivity index (χ1) is 11.1. The minimum Gasteiger partial charge on any atom is -0.350 e. The zero-order valence-electron chi connectivity index (χ0n) is 12.8. The van der Waals surface area contributed by atoms with E-state index >= 15 is 0 Å². The third-order valence-electron chi connectivity index (χ3n) is 3.27. The molecule has 1 heterocycles. The van der Waals surface area contributed by atoms with Crippen LogP contribution in [0.1, 0.15) is 19.0 Å². The molecule has 0 unspecified atom stereocenters. The van der Waals surface area contributed by atoms with E-state index < -0.39 is 0 Å². The molecule has 0 radical (unpaired) electrons. The molecule has 23 heavy (non-hydrogen) atoms. The maximum absolute atomic E-state index is 13.0. The van der Waals surface area contributed by atoms with Gasteiger partial charge in [0.25, 0.3) is 0 Å². The van der Waals surface area contributed by atoms with Crippen LogP contribution in [0.4, 0.5) is 10.1 Å². The summed E-state index contributed by atoms with van der Waals surface area (Å²) in [6.45, 7) is 1.99. The van der Waals surface area contributed by atoms with Crippen LogP contribution < -0.4 is 10.2 Å². The molecule has 2 amide bonds. The number of nitrogens with zero attached hydrogens (tertiary/aromatic N) is 2. The lowest BCUT2D eigenvalue weighted by atomic mass is 10.2. The summed E-state index contributed by atoms with van der Waals surface area (Å²) >= 11 is 0. The Morgan fingerprint density at radius 1 is 1.17 bits per heavy atom. The Kier molecular flexibility index (Phi) is 5.80. The summed E-state index contributed by atoms with van der Waals surface area (Å²) in [6.07, 6.45) is 1.82. The Morgan fingerprint density at radius 2 is 1.91 bits per heavy atom. The molecular weight excluding hydrogens is 297 g/mol. The molecule has 5 nitrogen and oxygen atoms in total. The Morgan fingerprint density at radius 3 is 2.52 bits per heavy atom. The normalized spacial score (nSPS) is 10.2. The number of carbonyl (C=O) groups excluding carboxylic acids is 2. The Bertz CT molecular complexity index is 659. The summed E-state index contributed by atoms with van der Waals surface area (Å²) in [7, 11) is 0. The first-order valence-corrected chi connectivity index (χ1v) is 7.26. The van der Waals surface area contributed by atoms with Crippen molar-refractivity contribution in [2.75, 3.05) is 11.4 Å². The Labute approximate surface area is 134 Å². The summed E-state index contributed by atoms with van der Waals surface area (Å²) in [4.78, 5) is 29.2. The lowest BCUT2D eigenvalue weighted by molar-refractivity contribution is -0.121. The van der Waals surface area contributed by atoms with E-state index in [0.29, 0.717) is 12.2 Å². The van der Waals surface area contributed by atoms with Crippen molar-refractivity contribution in [1.82, 2.24) is 10.3 Å². The summed E-state index contributed by atoms with van der Waals surface area (Å²) < 4.78 is 13.0. The number of halogens is 1. The van der Waals surface area contributed by atoms with Crippen LogP contribution in [0.3, 0.4) is 0 Å². The number of nitrogens with one attached hydrogen (secondary N) is 1. The summed E-state index contributed by atoms with van der Waals surface area (Å²) in [6, 6.07) is 11.1. The van der Waals surface area contributed by atoms with Gasteiger partial charge in [0.15, 0.2) is 0 Å². The van der Waals surface area contributed by atoms with Gasteiger partial charge >= 0.3 is 0 Å². The minimum absolute atomic E-state index is 0.157. The van der Waals surface area contributed by atoms with Crippen molar-refractivity contribution in [2.45, 2.75) is 19.9 Å². The second-order valence-electron chi connectivity index (χ2n) is 4.99. The number of aromatic nitrogens is 1. The molecule has 1 aromatic heterocycles. The summed E-state index contributed by atoms with van der Waals surface area (Å²) in [5.74, 6) is -0.747. The number of pyridine rings is 1. The minimum atomic E-state index is -0.370. The van der Waals surface area contributed by atoms with Gasteiger partial charge in [0.1, 0.15) is 5.82 Å². The second-order valence-corrected chi connectivity index (χ2v) is 4.99. The van der Waals surface area contributed by atoms with Gasteiger partial charge in [-0.1, -0.05) is 6.07 Å². The quantitative estimate of drug-likeness (QED) is 0.889. The molecule has 120 valence electrons. The molecule has 0 spiro atoms. The molecule has 0 saturated carbocycles. The molecule has 1 aromatic carbocycles. The molecule has 2 rings (SSSR count). The van der Waals surface area contributed by atoms with Crippen LogP contribution in [0.2, 0.25) is 0 Å². The highest BCUT2D eigenvalue weighted by Gasteiger charge is 2.13. The maximum Gasteiger partial charge on any atom is 0.223 e. The fraction of sp³-hybridized carbons (Fsp3) is 0.235. The van der Waals surface area contributed by atoms with Crippen molar-refractivity contribution in [2.24, 2.45) is 0 Å². The molecule has 6 heteroatoms. The maximum atomic E-state index is 13.0. The second kappa shape index (κ2) is 8.03. The van der Waals surface area contributed by atoms with Crippen LogP contribution in [0.15, 0.2) is 48.7 Å². The molecule has 0 bridgehead atoms. The van der Waals surface area contributed by atoms with Gasteiger partial charge in [-0.2, -0.15) is 0 Å². The van der Waals surface area contributed by atoms with Gasteiger partial charge < -0.3 is 10.2 Å². The molecule has 0 aliphatic carbocycles. The molecule has 0 aliphatic heterocycles. The highest BCUT2D eigenvalue weighted by molar-refractivity contribution is 5.92. The lowest BCUT2D eigenvalue weighted by Gasteiger charge is -2.21. The van der Waals surface area contributed by atoms with Crippen LogP contribution >= 0.6 is 0 Å². The van der Waals surface area contributed by atoms with Crippen LogP contribution in [-0.4, -0.2) is 23.3 Å². The third kappa shape index (κ3) is 5.18.